The Labute approximate surface area is 139 Å². The first kappa shape index (κ1) is 15.7. The van der Waals surface area contributed by atoms with Gasteiger partial charge in [0.1, 0.15) is 6.04 Å². The Bertz CT molecular complexity index is 679. The molecule has 2 aromatic rings. The lowest BCUT2D eigenvalue weighted by molar-refractivity contribution is 0.0982. The van der Waals surface area contributed by atoms with Crippen molar-refractivity contribution < 1.29 is 8.78 Å². The van der Waals surface area contributed by atoms with Crippen LogP contribution < -0.4 is 0 Å². The molecule has 7 heteroatoms. The Morgan fingerprint density at radius 1 is 1.04 bits per heavy atom. The Kier molecular flexibility index (Phi) is 4.05. The van der Waals surface area contributed by atoms with E-state index in [0.717, 1.165) is 44.8 Å². The lowest BCUT2D eigenvalue weighted by Gasteiger charge is -2.34. The zero-order chi connectivity index (χ0) is 16.6. The van der Waals surface area contributed by atoms with E-state index in [0.29, 0.717) is 0 Å². The highest BCUT2D eigenvalue weighted by Crippen LogP contribution is 2.52. The summed E-state index contributed by atoms with van der Waals surface area (Å²) >= 11 is 0. The van der Waals surface area contributed by atoms with Crippen LogP contribution >= 0.6 is 0 Å². The Morgan fingerprint density at radius 3 is 2.29 bits per heavy atom. The average molecular weight is 333 g/mol. The number of piperazine rings is 1. The van der Waals surface area contributed by atoms with E-state index < -0.39 is 12.0 Å². The van der Waals surface area contributed by atoms with Gasteiger partial charge in [-0.25, -0.2) is 8.78 Å². The van der Waals surface area contributed by atoms with Crippen molar-refractivity contribution in [3.8, 4) is 0 Å². The predicted octanol–water partition coefficient (Wildman–Crippen LogP) is 2.18. The van der Waals surface area contributed by atoms with Crippen LogP contribution in [0.3, 0.4) is 0 Å². The predicted molar refractivity (Wildman–Crippen MR) is 85.6 cm³/mol. The van der Waals surface area contributed by atoms with Crippen LogP contribution in [-0.2, 0) is 13.1 Å². The first-order chi connectivity index (χ1) is 11.6. The summed E-state index contributed by atoms with van der Waals surface area (Å²) in [5.74, 6) is -2.57. The SMILES string of the molecule is FC1(F)CC1n1cc(CN2CCN(Cc3cccnc3)CC2)cn1. The largest absolute Gasteiger partial charge is 0.296 e. The highest BCUT2D eigenvalue weighted by atomic mass is 19.3. The molecule has 5 nitrogen and oxygen atoms in total. The first-order valence-corrected chi connectivity index (χ1v) is 8.35. The van der Waals surface area contributed by atoms with Gasteiger partial charge < -0.3 is 0 Å². The van der Waals surface area contributed by atoms with Crippen molar-refractivity contribution in [1.82, 2.24) is 24.6 Å². The van der Waals surface area contributed by atoms with E-state index in [2.05, 4.69) is 25.9 Å². The molecule has 0 bridgehead atoms. The molecular formula is C17H21F2N5. The second-order valence-corrected chi connectivity index (χ2v) is 6.72. The maximum Gasteiger partial charge on any atom is 0.272 e. The second-order valence-electron chi connectivity index (χ2n) is 6.72. The molecule has 1 atom stereocenters. The summed E-state index contributed by atoms with van der Waals surface area (Å²) in [5.41, 5.74) is 2.25. The summed E-state index contributed by atoms with van der Waals surface area (Å²) in [4.78, 5) is 8.92. The van der Waals surface area contributed by atoms with Crippen molar-refractivity contribution in [3.05, 3.63) is 48.0 Å². The fourth-order valence-corrected chi connectivity index (χ4v) is 3.23. The number of hydrogen-bond acceptors (Lipinski definition) is 4. The molecule has 0 radical (unpaired) electrons. The summed E-state index contributed by atoms with van der Waals surface area (Å²) in [6, 6.07) is 3.33. The molecule has 3 heterocycles. The van der Waals surface area contributed by atoms with Crippen LogP contribution in [0.4, 0.5) is 8.78 Å². The van der Waals surface area contributed by atoms with Crippen molar-refractivity contribution in [2.75, 3.05) is 26.2 Å². The maximum atomic E-state index is 13.1. The van der Waals surface area contributed by atoms with Gasteiger partial charge in [0.05, 0.1) is 6.20 Å². The van der Waals surface area contributed by atoms with Crippen LogP contribution in [0.15, 0.2) is 36.9 Å². The summed E-state index contributed by atoms with van der Waals surface area (Å²) in [7, 11) is 0. The lowest BCUT2D eigenvalue weighted by Crippen LogP contribution is -2.45. The number of halogens is 2. The van der Waals surface area contributed by atoms with Gasteiger partial charge in [-0.15, -0.1) is 0 Å². The minimum atomic E-state index is -2.57. The van der Waals surface area contributed by atoms with E-state index in [-0.39, 0.29) is 6.42 Å². The summed E-state index contributed by atoms with van der Waals surface area (Å²) in [6.07, 6.45) is 7.11. The number of rotatable bonds is 5. The van der Waals surface area contributed by atoms with Crippen LogP contribution in [-0.4, -0.2) is 56.7 Å². The molecule has 1 unspecified atom stereocenters. The summed E-state index contributed by atoms with van der Waals surface area (Å²) < 4.78 is 27.6. The highest BCUT2D eigenvalue weighted by molar-refractivity contribution is 5.10. The lowest BCUT2D eigenvalue weighted by atomic mass is 10.2. The number of pyridine rings is 1. The molecular weight excluding hydrogens is 312 g/mol. The van der Waals surface area contributed by atoms with Gasteiger partial charge in [-0.2, -0.15) is 5.10 Å². The fourth-order valence-electron chi connectivity index (χ4n) is 3.23. The van der Waals surface area contributed by atoms with Crippen LogP contribution in [0.5, 0.6) is 0 Å². The van der Waals surface area contributed by atoms with Crippen molar-refractivity contribution in [2.45, 2.75) is 31.5 Å². The van der Waals surface area contributed by atoms with Gasteiger partial charge in [-0.05, 0) is 11.6 Å². The quantitative estimate of drug-likeness (QED) is 0.840. The number of aromatic nitrogens is 3. The Balaban J connectivity index is 1.26. The van der Waals surface area contributed by atoms with Crippen LogP contribution in [0, 0.1) is 0 Å². The van der Waals surface area contributed by atoms with Gasteiger partial charge in [0.2, 0.25) is 0 Å². The summed E-state index contributed by atoms with van der Waals surface area (Å²) in [6.45, 7) is 5.67. The van der Waals surface area contributed by atoms with Gasteiger partial charge in [0.25, 0.3) is 5.92 Å². The molecule has 0 spiro atoms. The van der Waals surface area contributed by atoms with E-state index in [1.165, 1.54) is 10.2 Å². The third-order valence-corrected chi connectivity index (χ3v) is 4.77. The van der Waals surface area contributed by atoms with Crippen molar-refractivity contribution in [3.63, 3.8) is 0 Å². The average Bonchev–Trinajstić information content (AvgIpc) is 3.00. The van der Waals surface area contributed by atoms with Gasteiger partial charge in [-0.3, -0.25) is 19.5 Å². The van der Waals surface area contributed by atoms with Gasteiger partial charge in [-0.1, -0.05) is 6.07 Å². The second kappa shape index (κ2) is 6.22. The van der Waals surface area contributed by atoms with E-state index in [9.17, 15) is 8.78 Å². The molecule has 2 aromatic heterocycles. The number of nitrogens with zero attached hydrogens (tertiary/aromatic N) is 5. The van der Waals surface area contributed by atoms with Crippen molar-refractivity contribution >= 4 is 0 Å². The molecule has 0 aromatic carbocycles. The monoisotopic (exact) mass is 333 g/mol. The van der Waals surface area contributed by atoms with E-state index in [1.54, 1.807) is 18.6 Å². The molecule has 24 heavy (non-hydrogen) atoms. The van der Waals surface area contributed by atoms with Gasteiger partial charge in [0.15, 0.2) is 0 Å². The Hall–Kier alpha value is -1.86. The summed E-state index contributed by atoms with van der Waals surface area (Å²) in [5, 5.41) is 4.10. The highest BCUT2D eigenvalue weighted by Gasteiger charge is 2.59. The zero-order valence-corrected chi connectivity index (χ0v) is 13.5. The van der Waals surface area contributed by atoms with E-state index in [1.807, 2.05) is 12.3 Å². The first-order valence-electron chi connectivity index (χ1n) is 8.35. The van der Waals surface area contributed by atoms with Crippen LogP contribution in [0.2, 0.25) is 0 Å². The van der Waals surface area contributed by atoms with E-state index >= 15 is 0 Å². The molecule has 4 rings (SSSR count). The molecule has 2 fully saturated rings. The van der Waals surface area contributed by atoms with Crippen LogP contribution in [0.1, 0.15) is 23.6 Å². The maximum absolute atomic E-state index is 13.1. The molecule has 128 valence electrons. The normalized spacial score (nSPS) is 24.2. The fraction of sp³-hybridized carbons (Fsp3) is 0.529. The van der Waals surface area contributed by atoms with E-state index in [4.69, 9.17) is 0 Å². The molecule has 0 amide bonds. The molecule has 0 N–H and O–H groups in total. The number of hydrogen-bond donors (Lipinski definition) is 0. The standard InChI is InChI=1S/C17H21F2N5/c18-17(19)8-16(17)24-13-15(10-21-24)12-23-6-4-22(5-7-23)11-14-2-1-3-20-9-14/h1-3,9-10,13,16H,4-8,11-12H2. The molecule has 1 aliphatic heterocycles. The van der Waals surface area contributed by atoms with Crippen LogP contribution in [0.25, 0.3) is 0 Å². The van der Waals surface area contributed by atoms with Gasteiger partial charge >= 0.3 is 0 Å². The molecule has 1 aliphatic carbocycles. The van der Waals surface area contributed by atoms with Crippen molar-refractivity contribution in [2.24, 2.45) is 0 Å². The molecule has 2 aliphatic rings. The Morgan fingerprint density at radius 2 is 1.71 bits per heavy atom. The topological polar surface area (TPSA) is 37.2 Å². The molecule has 1 saturated carbocycles. The minimum absolute atomic E-state index is 0.0822. The van der Waals surface area contributed by atoms with Gasteiger partial charge in [0, 0.05) is 69.8 Å². The third-order valence-electron chi connectivity index (χ3n) is 4.77. The van der Waals surface area contributed by atoms with Crippen molar-refractivity contribution in [1.29, 1.82) is 0 Å². The smallest absolute Gasteiger partial charge is 0.272 e. The minimum Gasteiger partial charge on any atom is -0.296 e. The number of alkyl halides is 2. The molecule has 1 saturated heterocycles. The zero-order valence-electron chi connectivity index (χ0n) is 13.5. The third kappa shape index (κ3) is 3.47.